The molecule has 0 saturated heterocycles. The smallest absolute Gasteiger partial charge is 0.227 e. The largest absolute Gasteiger partial charge is 0.274 e. The van der Waals surface area contributed by atoms with Crippen molar-refractivity contribution < 1.29 is 25.6 Å². The first-order valence-corrected chi connectivity index (χ1v) is 5.82. The SMILES string of the molecule is C[n+]1cn(-c2ccccc2)nc1-c1[c-]cccc1.[Pt]. The van der Waals surface area contributed by atoms with Crippen molar-refractivity contribution in [2.75, 3.05) is 0 Å². The maximum Gasteiger partial charge on any atom is 0.227 e. The van der Waals surface area contributed by atoms with Crippen LogP contribution in [0, 0.1) is 6.07 Å². The molecule has 0 bridgehead atoms. The molecule has 0 atom stereocenters. The van der Waals surface area contributed by atoms with Crippen molar-refractivity contribution in [1.82, 2.24) is 9.78 Å². The van der Waals surface area contributed by atoms with Crippen molar-refractivity contribution in [1.29, 1.82) is 0 Å². The van der Waals surface area contributed by atoms with Crippen LogP contribution in [0.3, 0.4) is 0 Å². The molecule has 19 heavy (non-hydrogen) atoms. The molecule has 0 saturated carbocycles. The Kier molecular flexibility index (Phi) is 4.28. The van der Waals surface area contributed by atoms with E-state index in [-0.39, 0.29) is 21.1 Å². The van der Waals surface area contributed by atoms with Gasteiger partial charge in [0.1, 0.15) is 5.69 Å². The molecule has 4 heteroatoms. The maximum atomic E-state index is 4.60. The Hall–Kier alpha value is -1.73. The molecular formula is C15H13N3Pt. The summed E-state index contributed by atoms with van der Waals surface area (Å²) in [5.41, 5.74) is 2.05. The number of benzene rings is 2. The predicted molar refractivity (Wildman–Crippen MR) is 69.0 cm³/mol. The number of aryl methyl sites for hydroxylation is 1. The van der Waals surface area contributed by atoms with E-state index in [2.05, 4.69) is 11.2 Å². The normalized spacial score (nSPS) is 9.95. The van der Waals surface area contributed by atoms with Gasteiger partial charge in [-0.2, -0.15) is 0 Å². The summed E-state index contributed by atoms with van der Waals surface area (Å²) < 4.78 is 3.87. The molecule has 2 aromatic carbocycles. The third kappa shape index (κ3) is 2.82. The van der Waals surface area contributed by atoms with Crippen molar-refractivity contribution >= 4 is 0 Å². The number of rotatable bonds is 2. The summed E-state index contributed by atoms with van der Waals surface area (Å²) in [7, 11) is 1.99. The van der Waals surface area contributed by atoms with Gasteiger partial charge in [0, 0.05) is 26.2 Å². The van der Waals surface area contributed by atoms with E-state index in [1.54, 1.807) is 0 Å². The third-order valence-corrected chi connectivity index (χ3v) is 2.79. The zero-order chi connectivity index (χ0) is 12.4. The van der Waals surface area contributed by atoms with Crippen LogP contribution in [0.5, 0.6) is 0 Å². The van der Waals surface area contributed by atoms with E-state index in [1.165, 1.54) is 0 Å². The molecule has 3 rings (SSSR count). The van der Waals surface area contributed by atoms with Gasteiger partial charge in [-0.05, 0) is 12.1 Å². The number of hydrogen-bond donors (Lipinski definition) is 0. The first-order valence-electron chi connectivity index (χ1n) is 5.82. The maximum absolute atomic E-state index is 4.60. The van der Waals surface area contributed by atoms with Crippen molar-refractivity contribution in [3.63, 3.8) is 0 Å². The van der Waals surface area contributed by atoms with Gasteiger partial charge < -0.3 is 0 Å². The van der Waals surface area contributed by atoms with E-state index in [0.717, 1.165) is 17.1 Å². The molecule has 0 N–H and O–H groups in total. The van der Waals surface area contributed by atoms with E-state index in [0.29, 0.717) is 0 Å². The molecule has 3 nitrogen and oxygen atoms in total. The summed E-state index contributed by atoms with van der Waals surface area (Å²) in [6, 6.07) is 21.1. The quantitative estimate of drug-likeness (QED) is 0.451. The molecule has 0 aliphatic rings. The molecule has 0 aliphatic heterocycles. The van der Waals surface area contributed by atoms with E-state index in [4.69, 9.17) is 0 Å². The molecule has 0 aliphatic carbocycles. The summed E-state index contributed by atoms with van der Waals surface area (Å²) in [6.45, 7) is 0. The number of hydrogen-bond acceptors (Lipinski definition) is 1. The van der Waals surface area contributed by atoms with Crippen LogP contribution in [-0.4, -0.2) is 9.78 Å². The molecule has 1 heterocycles. The zero-order valence-electron chi connectivity index (χ0n) is 10.4. The number of aromatic nitrogens is 3. The Morgan fingerprint density at radius 3 is 2.47 bits per heavy atom. The van der Waals surface area contributed by atoms with Crippen LogP contribution in [0.1, 0.15) is 0 Å². The monoisotopic (exact) mass is 430 g/mol. The Labute approximate surface area is 126 Å². The Balaban J connectivity index is 0.00000133. The number of nitrogens with zero attached hydrogens (tertiary/aromatic N) is 3. The number of para-hydroxylation sites is 1. The molecule has 3 aromatic rings. The summed E-state index contributed by atoms with van der Waals surface area (Å²) >= 11 is 0. The van der Waals surface area contributed by atoms with E-state index in [9.17, 15) is 0 Å². The molecule has 0 fully saturated rings. The van der Waals surface area contributed by atoms with Gasteiger partial charge in [-0.25, -0.2) is 0 Å². The van der Waals surface area contributed by atoms with Crippen LogP contribution >= 0.6 is 0 Å². The van der Waals surface area contributed by atoms with Crippen LogP contribution in [0.15, 0.2) is 60.9 Å². The average molecular weight is 430 g/mol. The Morgan fingerprint density at radius 2 is 1.79 bits per heavy atom. The molecule has 98 valence electrons. The minimum atomic E-state index is 0. The van der Waals surface area contributed by atoms with Gasteiger partial charge in [-0.1, -0.05) is 28.4 Å². The first kappa shape index (κ1) is 13.7. The summed E-state index contributed by atoms with van der Waals surface area (Å²) in [5, 5.41) is 4.60. The summed E-state index contributed by atoms with van der Waals surface area (Å²) in [5.74, 6) is 0.902. The van der Waals surface area contributed by atoms with E-state index < -0.39 is 0 Å². The third-order valence-electron chi connectivity index (χ3n) is 2.79. The average Bonchev–Trinajstić information content (AvgIpc) is 2.83. The molecular weight excluding hydrogens is 417 g/mol. The second kappa shape index (κ2) is 5.94. The second-order valence-corrected chi connectivity index (χ2v) is 4.11. The zero-order valence-corrected chi connectivity index (χ0v) is 12.7. The van der Waals surface area contributed by atoms with Crippen LogP contribution in [0.25, 0.3) is 17.1 Å². The van der Waals surface area contributed by atoms with Crippen LogP contribution in [0.2, 0.25) is 0 Å². The van der Waals surface area contributed by atoms with Crippen molar-refractivity contribution in [3.05, 3.63) is 67.0 Å². The van der Waals surface area contributed by atoms with Crippen molar-refractivity contribution in [3.8, 4) is 17.1 Å². The molecule has 1 aromatic heterocycles. The molecule has 0 amide bonds. The minimum Gasteiger partial charge on any atom is -0.274 e. The van der Waals surface area contributed by atoms with E-state index in [1.807, 2.05) is 77.2 Å². The topological polar surface area (TPSA) is 21.7 Å². The molecule has 0 unspecified atom stereocenters. The fourth-order valence-electron chi connectivity index (χ4n) is 1.90. The van der Waals surface area contributed by atoms with Crippen molar-refractivity contribution in [2.45, 2.75) is 0 Å². The van der Waals surface area contributed by atoms with Crippen LogP contribution < -0.4 is 4.57 Å². The standard InChI is InChI=1S/C15H13N3.Pt/c1-17-12-18(14-10-6-3-7-11-14)16-15(17)13-8-4-2-5-9-13;/h2-8,10-12H,1H3;. The van der Waals surface area contributed by atoms with Gasteiger partial charge in [0.2, 0.25) is 12.2 Å². The summed E-state index contributed by atoms with van der Waals surface area (Å²) in [6.07, 6.45) is 1.96. The molecule has 0 radical (unpaired) electrons. The minimum absolute atomic E-state index is 0. The fraction of sp³-hybridized carbons (Fsp3) is 0.0667. The predicted octanol–water partition coefficient (Wildman–Crippen LogP) is 2.16. The van der Waals surface area contributed by atoms with Gasteiger partial charge in [-0.15, -0.1) is 30.3 Å². The molecule has 0 spiro atoms. The second-order valence-electron chi connectivity index (χ2n) is 4.11. The van der Waals surface area contributed by atoms with Gasteiger partial charge in [0.05, 0.1) is 7.05 Å². The van der Waals surface area contributed by atoms with Gasteiger partial charge in [-0.3, -0.25) is 4.57 Å². The Morgan fingerprint density at radius 1 is 1.05 bits per heavy atom. The summed E-state index contributed by atoms with van der Waals surface area (Å²) in [4.78, 5) is 0. The van der Waals surface area contributed by atoms with E-state index >= 15 is 0 Å². The van der Waals surface area contributed by atoms with Gasteiger partial charge in [0.25, 0.3) is 0 Å². The fourth-order valence-corrected chi connectivity index (χ4v) is 1.90. The van der Waals surface area contributed by atoms with Gasteiger partial charge in [0.15, 0.2) is 0 Å². The van der Waals surface area contributed by atoms with Crippen LogP contribution in [-0.2, 0) is 28.1 Å². The first-order chi connectivity index (χ1) is 8.84. The Bertz CT molecular complexity index is 648. The van der Waals surface area contributed by atoms with Crippen molar-refractivity contribution in [2.24, 2.45) is 7.05 Å². The van der Waals surface area contributed by atoms with Crippen LogP contribution in [0.4, 0.5) is 0 Å². The van der Waals surface area contributed by atoms with Gasteiger partial charge >= 0.3 is 0 Å².